The molecule has 0 bridgehead atoms. The second-order valence-electron chi connectivity index (χ2n) is 3.19. The average molecular weight is 371 g/mol. The minimum atomic E-state index is -0.0287. The van der Waals surface area contributed by atoms with Crippen LogP contribution < -0.4 is 5.32 Å². The van der Waals surface area contributed by atoms with E-state index >= 15 is 0 Å². The summed E-state index contributed by atoms with van der Waals surface area (Å²) in [5.41, 5.74) is 0. The summed E-state index contributed by atoms with van der Waals surface area (Å²) in [6.45, 7) is 1.29. The molecule has 1 amide bonds. The third-order valence-electron chi connectivity index (χ3n) is 1.91. The lowest BCUT2D eigenvalue weighted by Crippen LogP contribution is -2.26. The summed E-state index contributed by atoms with van der Waals surface area (Å²) in [5, 5.41) is 4.76. The van der Waals surface area contributed by atoms with Crippen molar-refractivity contribution >= 4 is 49.1 Å². The summed E-state index contributed by atoms with van der Waals surface area (Å²) in [4.78, 5) is 12.7. The highest BCUT2D eigenvalue weighted by atomic mass is 79.9. The number of nitrogens with one attached hydrogen (secondary N) is 1. The van der Waals surface area contributed by atoms with E-state index < -0.39 is 0 Å². The highest BCUT2D eigenvalue weighted by molar-refractivity contribution is 9.10. The Hall–Kier alpha value is 0.0900. The molecule has 1 aromatic rings. The van der Waals surface area contributed by atoms with Crippen LogP contribution in [0.15, 0.2) is 15.9 Å². The SMILES string of the molecule is COCC(Br)CCNC(=O)c1sccc1Br. The molecule has 0 radical (unpaired) electrons. The highest BCUT2D eigenvalue weighted by Crippen LogP contribution is 2.22. The van der Waals surface area contributed by atoms with Crippen LogP contribution in [0.3, 0.4) is 0 Å². The first-order valence-electron chi connectivity index (χ1n) is 4.79. The van der Waals surface area contributed by atoms with Crippen LogP contribution in [-0.2, 0) is 4.74 Å². The maximum absolute atomic E-state index is 11.7. The molecule has 0 aromatic carbocycles. The maximum Gasteiger partial charge on any atom is 0.262 e. The molecule has 0 aliphatic heterocycles. The average Bonchev–Trinajstić information content (AvgIpc) is 2.64. The van der Waals surface area contributed by atoms with Gasteiger partial charge in [-0.05, 0) is 33.8 Å². The quantitative estimate of drug-likeness (QED) is 0.781. The number of thiophene rings is 1. The van der Waals surface area contributed by atoms with Gasteiger partial charge in [0.15, 0.2) is 0 Å². The third-order valence-corrected chi connectivity index (χ3v) is 4.47. The van der Waals surface area contributed by atoms with Gasteiger partial charge in [0.05, 0.1) is 6.61 Å². The van der Waals surface area contributed by atoms with Gasteiger partial charge in [0.1, 0.15) is 4.88 Å². The molecule has 6 heteroatoms. The van der Waals surface area contributed by atoms with Gasteiger partial charge in [-0.15, -0.1) is 11.3 Å². The summed E-state index contributed by atoms with van der Waals surface area (Å²) in [7, 11) is 1.66. The van der Waals surface area contributed by atoms with Crippen LogP contribution in [-0.4, -0.2) is 31.0 Å². The minimum absolute atomic E-state index is 0.0287. The molecule has 16 heavy (non-hydrogen) atoms. The number of carbonyl (C=O) groups excluding carboxylic acids is 1. The summed E-state index contributed by atoms with van der Waals surface area (Å²) in [5.74, 6) is -0.0287. The molecule has 1 aromatic heterocycles. The second kappa shape index (κ2) is 7.42. The van der Waals surface area contributed by atoms with E-state index in [1.54, 1.807) is 7.11 Å². The first kappa shape index (κ1) is 14.2. The lowest BCUT2D eigenvalue weighted by molar-refractivity contribution is 0.0955. The molecular formula is C10H13Br2NO2S. The molecule has 1 rings (SSSR count). The Labute approximate surface area is 116 Å². The molecule has 0 aliphatic rings. The van der Waals surface area contributed by atoms with Gasteiger partial charge in [-0.1, -0.05) is 15.9 Å². The van der Waals surface area contributed by atoms with E-state index in [1.165, 1.54) is 11.3 Å². The fraction of sp³-hybridized carbons (Fsp3) is 0.500. The van der Waals surface area contributed by atoms with Crippen LogP contribution in [0.1, 0.15) is 16.1 Å². The predicted octanol–water partition coefficient (Wildman–Crippen LogP) is 3.04. The Morgan fingerprint density at radius 2 is 2.44 bits per heavy atom. The van der Waals surface area contributed by atoms with Crippen LogP contribution in [0, 0.1) is 0 Å². The lowest BCUT2D eigenvalue weighted by Gasteiger charge is -2.09. The molecule has 1 atom stereocenters. The van der Waals surface area contributed by atoms with E-state index in [2.05, 4.69) is 37.2 Å². The van der Waals surface area contributed by atoms with E-state index in [1.807, 2.05) is 11.4 Å². The van der Waals surface area contributed by atoms with Crippen LogP contribution in [0.25, 0.3) is 0 Å². The number of ether oxygens (including phenoxy) is 1. The van der Waals surface area contributed by atoms with E-state index in [0.29, 0.717) is 13.2 Å². The van der Waals surface area contributed by atoms with Crippen molar-refractivity contribution in [3.8, 4) is 0 Å². The van der Waals surface area contributed by atoms with Crippen molar-refractivity contribution in [3.63, 3.8) is 0 Å². The van der Waals surface area contributed by atoms with Crippen LogP contribution in [0.5, 0.6) is 0 Å². The molecule has 1 unspecified atom stereocenters. The van der Waals surface area contributed by atoms with E-state index in [4.69, 9.17) is 4.74 Å². The normalized spacial score (nSPS) is 12.4. The maximum atomic E-state index is 11.7. The largest absolute Gasteiger partial charge is 0.384 e. The van der Waals surface area contributed by atoms with E-state index in [0.717, 1.165) is 15.8 Å². The van der Waals surface area contributed by atoms with Crippen LogP contribution in [0.2, 0.25) is 0 Å². The summed E-state index contributed by atoms with van der Waals surface area (Å²) in [6.07, 6.45) is 0.850. The second-order valence-corrected chi connectivity index (χ2v) is 6.26. The number of hydrogen-bond donors (Lipinski definition) is 1. The van der Waals surface area contributed by atoms with Gasteiger partial charge in [0.2, 0.25) is 0 Å². The number of alkyl halides is 1. The Bertz CT molecular complexity index is 343. The van der Waals surface area contributed by atoms with Gasteiger partial charge < -0.3 is 10.1 Å². The van der Waals surface area contributed by atoms with Crippen molar-refractivity contribution in [2.45, 2.75) is 11.2 Å². The summed E-state index contributed by atoms with van der Waals surface area (Å²) < 4.78 is 5.84. The van der Waals surface area contributed by atoms with Gasteiger partial charge in [-0.3, -0.25) is 4.79 Å². The van der Waals surface area contributed by atoms with Gasteiger partial charge in [-0.25, -0.2) is 0 Å². The van der Waals surface area contributed by atoms with Crippen molar-refractivity contribution in [3.05, 3.63) is 20.8 Å². The van der Waals surface area contributed by atoms with Gasteiger partial charge in [0, 0.05) is 23.0 Å². The molecule has 1 N–H and O–H groups in total. The van der Waals surface area contributed by atoms with E-state index in [-0.39, 0.29) is 10.7 Å². The zero-order chi connectivity index (χ0) is 12.0. The van der Waals surface area contributed by atoms with Crippen LogP contribution >= 0.6 is 43.2 Å². The molecule has 1 heterocycles. The number of hydrogen-bond acceptors (Lipinski definition) is 3. The zero-order valence-corrected chi connectivity index (χ0v) is 12.8. The lowest BCUT2D eigenvalue weighted by atomic mass is 10.3. The van der Waals surface area contributed by atoms with Gasteiger partial charge in [-0.2, -0.15) is 0 Å². The number of halogens is 2. The molecule has 0 saturated carbocycles. The fourth-order valence-corrected chi connectivity index (χ4v) is 3.10. The summed E-state index contributed by atoms with van der Waals surface area (Å²) >= 11 is 8.23. The Morgan fingerprint density at radius 3 is 3.00 bits per heavy atom. The predicted molar refractivity (Wildman–Crippen MR) is 73.6 cm³/mol. The molecular weight excluding hydrogens is 358 g/mol. The molecule has 90 valence electrons. The van der Waals surface area contributed by atoms with Crippen molar-refractivity contribution in [1.29, 1.82) is 0 Å². The standard InChI is InChI=1S/C10H13Br2NO2S/c1-15-6-7(11)2-4-13-10(14)9-8(12)3-5-16-9/h3,5,7H,2,4,6H2,1H3,(H,13,14). The third kappa shape index (κ3) is 4.53. The Balaban J connectivity index is 2.29. The number of carbonyl (C=O) groups is 1. The van der Waals surface area contributed by atoms with Crippen molar-refractivity contribution < 1.29 is 9.53 Å². The van der Waals surface area contributed by atoms with Crippen LogP contribution in [0.4, 0.5) is 0 Å². The first-order valence-corrected chi connectivity index (χ1v) is 7.38. The molecule has 3 nitrogen and oxygen atoms in total. The summed E-state index contributed by atoms with van der Waals surface area (Å²) in [6, 6.07) is 1.87. The van der Waals surface area contributed by atoms with Crippen molar-refractivity contribution in [2.75, 3.05) is 20.3 Å². The van der Waals surface area contributed by atoms with Gasteiger partial charge in [0.25, 0.3) is 5.91 Å². The monoisotopic (exact) mass is 369 g/mol. The van der Waals surface area contributed by atoms with Crippen molar-refractivity contribution in [2.24, 2.45) is 0 Å². The molecule has 0 saturated heterocycles. The zero-order valence-electron chi connectivity index (χ0n) is 8.83. The molecule has 0 aliphatic carbocycles. The highest BCUT2D eigenvalue weighted by Gasteiger charge is 2.11. The Morgan fingerprint density at radius 1 is 1.69 bits per heavy atom. The fourth-order valence-electron chi connectivity index (χ4n) is 1.14. The minimum Gasteiger partial charge on any atom is -0.384 e. The van der Waals surface area contributed by atoms with Crippen molar-refractivity contribution in [1.82, 2.24) is 5.32 Å². The topological polar surface area (TPSA) is 38.3 Å². The number of methoxy groups -OCH3 is 1. The first-order chi connectivity index (χ1) is 7.65. The smallest absolute Gasteiger partial charge is 0.262 e. The number of rotatable bonds is 6. The van der Waals surface area contributed by atoms with Gasteiger partial charge >= 0.3 is 0 Å². The Kier molecular flexibility index (Phi) is 6.57. The molecule has 0 fully saturated rings. The van der Waals surface area contributed by atoms with E-state index in [9.17, 15) is 4.79 Å². The number of amides is 1. The molecule has 0 spiro atoms.